The molecule has 0 aromatic rings. The molecule has 0 radical (unpaired) electrons. The average molecular weight is 835 g/mol. The zero-order chi connectivity index (χ0) is 41.9. The van der Waals surface area contributed by atoms with Crippen molar-refractivity contribution >= 4 is 27.6 Å². The highest BCUT2D eigenvalue weighted by Crippen LogP contribution is 2.43. The molecule has 0 aliphatic carbocycles. The molecule has 2 unspecified atom stereocenters. The van der Waals surface area contributed by atoms with Crippen LogP contribution in [0.15, 0.2) is 72.9 Å². The second kappa shape index (κ2) is 34.6. The van der Waals surface area contributed by atoms with Gasteiger partial charge in [-0.1, -0.05) is 132 Å². The molecule has 16 heteroatoms. The van der Waals surface area contributed by atoms with E-state index in [1.807, 2.05) is 54.7 Å². The summed E-state index contributed by atoms with van der Waals surface area (Å²) in [7, 11) is -9.70. The van der Waals surface area contributed by atoms with Gasteiger partial charge in [0.15, 0.2) is 6.10 Å². The largest absolute Gasteiger partial charge is 0.472 e. The van der Waals surface area contributed by atoms with Crippen LogP contribution in [0.3, 0.4) is 0 Å². The number of carbonyl (C=O) groups excluding carboxylic acids is 2. The van der Waals surface area contributed by atoms with Crippen molar-refractivity contribution < 1.29 is 66.7 Å². The molecular weight excluding hydrogens is 766 g/mol. The second-order valence-corrected chi connectivity index (χ2v) is 16.2. The van der Waals surface area contributed by atoms with Crippen LogP contribution in [0.1, 0.15) is 117 Å². The fourth-order valence-corrected chi connectivity index (χ4v) is 5.80. The van der Waals surface area contributed by atoms with E-state index in [-0.39, 0.29) is 12.8 Å². The fraction of sp³-hybridized carbons (Fsp3) is 0.650. The molecule has 0 amide bonds. The number of unbranched alkanes of at least 4 members (excludes halogenated alkanes) is 5. The van der Waals surface area contributed by atoms with Gasteiger partial charge in [0.05, 0.1) is 25.9 Å². The number of aliphatic hydroxyl groups excluding tert-OH is 2. The number of phosphoric acid groups is 2. The Morgan fingerprint density at radius 2 is 1.23 bits per heavy atom. The molecule has 0 spiro atoms. The Hall–Kier alpha value is -2.48. The molecule has 0 saturated carbocycles. The van der Waals surface area contributed by atoms with Gasteiger partial charge in [-0.3, -0.25) is 23.2 Å². The lowest BCUT2D eigenvalue weighted by molar-refractivity contribution is -0.161. The Bertz CT molecular complexity index is 1300. The van der Waals surface area contributed by atoms with Gasteiger partial charge >= 0.3 is 27.6 Å². The van der Waals surface area contributed by atoms with Crippen molar-refractivity contribution in [2.75, 3.05) is 26.4 Å². The molecule has 0 aliphatic rings. The summed E-state index contributed by atoms with van der Waals surface area (Å²) in [6, 6.07) is 0. The van der Waals surface area contributed by atoms with Crippen molar-refractivity contribution in [3.8, 4) is 0 Å². The highest BCUT2D eigenvalue weighted by molar-refractivity contribution is 7.47. The van der Waals surface area contributed by atoms with Crippen molar-refractivity contribution in [2.24, 2.45) is 5.92 Å². The van der Waals surface area contributed by atoms with Crippen LogP contribution in [0.4, 0.5) is 0 Å². The topological polar surface area (TPSA) is 216 Å². The molecule has 0 heterocycles. The third-order valence-corrected chi connectivity index (χ3v) is 9.06. The summed E-state index contributed by atoms with van der Waals surface area (Å²) in [4.78, 5) is 52.4. The Labute approximate surface area is 334 Å². The third kappa shape index (κ3) is 38.4. The number of hydrogen-bond acceptors (Lipinski definition) is 11. The summed E-state index contributed by atoms with van der Waals surface area (Å²) in [5, 5.41) is 19.5. The summed E-state index contributed by atoms with van der Waals surface area (Å²) in [6.07, 6.45) is 31.5. The molecular formula is C40H68O14P2. The van der Waals surface area contributed by atoms with Crippen molar-refractivity contribution in [3.05, 3.63) is 72.9 Å². The van der Waals surface area contributed by atoms with Gasteiger partial charge in [0, 0.05) is 12.8 Å². The molecule has 322 valence electrons. The van der Waals surface area contributed by atoms with E-state index in [4.69, 9.17) is 23.8 Å². The van der Waals surface area contributed by atoms with E-state index >= 15 is 0 Å². The number of hydrogen-bond donors (Lipinski definition) is 5. The summed E-state index contributed by atoms with van der Waals surface area (Å²) < 4.78 is 47.4. The van der Waals surface area contributed by atoms with E-state index in [1.165, 1.54) is 12.8 Å². The number of ether oxygens (including phenoxy) is 2. The lowest BCUT2D eigenvalue weighted by atomic mass is 10.0. The van der Waals surface area contributed by atoms with Crippen molar-refractivity contribution in [2.45, 2.75) is 135 Å². The third-order valence-electron chi connectivity index (χ3n) is 7.62. The maximum Gasteiger partial charge on any atom is 0.472 e. The minimum absolute atomic E-state index is 0.0510. The number of phosphoric ester groups is 2. The van der Waals surface area contributed by atoms with Crippen LogP contribution in [0.2, 0.25) is 0 Å². The number of esters is 2. The number of allylic oxidation sites excluding steroid dienone is 10. The lowest BCUT2D eigenvalue weighted by Gasteiger charge is -2.20. The molecule has 56 heavy (non-hydrogen) atoms. The van der Waals surface area contributed by atoms with E-state index in [0.717, 1.165) is 44.9 Å². The Balaban J connectivity index is 4.68. The highest BCUT2D eigenvalue weighted by Gasteiger charge is 2.28. The van der Waals surface area contributed by atoms with Gasteiger partial charge in [0.2, 0.25) is 0 Å². The zero-order valence-corrected chi connectivity index (χ0v) is 35.3. The second-order valence-electron chi connectivity index (χ2n) is 13.5. The smallest absolute Gasteiger partial charge is 0.462 e. The average Bonchev–Trinajstić information content (AvgIpc) is 3.13. The normalized spacial score (nSPS) is 15.6. The van der Waals surface area contributed by atoms with E-state index in [9.17, 15) is 33.8 Å². The van der Waals surface area contributed by atoms with Crippen LogP contribution in [0.25, 0.3) is 0 Å². The maximum absolute atomic E-state index is 12.5. The first-order valence-corrected chi connectivity index (χ1v) is 22.6. The zero-order valence-electron chi connectivity index (χ0n) is 33.5. The molecule has 5 N–H and O–H groups in total. The predicted octanol–water partition coefficient (Wildman–Crippen LogP) is 8.27. The first-order chi connectivity index (χ1) is 26.6. The molecule has 0 saturated heterocycles. The van der Waals surface area contributed by atoms with E-state index in [0.29, 0.717) is 31.6 Å². The Morgan fingerprint density at radius 1 is 0.643 bits per heavy atom. The van der Waals surface area contributed by atoms with Crippen LogP contribution < -0.4 is 0 Å². The summed E-state index contributed by atoms with van der Waals surface area (Å²) in [6.45, 7) is 3.61. The van der Waals surface area contributed by atoms with E-state index < -0.39 is 72.3 Å². The highest BCUT2D eigenvalue weighted by atomic mass is 31.2. The summed E-state index contributed by atoms with van der Waals surface area (Å²) in [5.41, 5.74) is 0. The maximum atomic E-state index is 12.5. The molecule has 0 aliphatic heterocycles. The molecule has 0 rings (SSSR count). The van der Waals surface area contributed by atoms with Crippen LogP contribution in [-0.4, -0.2) is 81.6 Å². The number of carbonyl (C=O) groups is 2. The predicted molar refractivity (Wildman–Crippen MR) is 217 cm³/mol. The minimum Gasteiger partial charge on any atom is -0.462 e. The van der Waals surface area contributed by atoms with Crippen molar-refractivity contribution in [1.29, 1.82) is 0 Å². The quantitative estimate of drug-likeness (QED) is 0.0134. The van der Waals surface area contributed by atoms with Gasteiger partial charge in [-0.05, 0) is 50.9 Å². The van der Waals surface area contributed by atoms with Crippen molar-refractivity contribution in [3.63, 3.8) is 0 Å². The van der Waals surface area contributed by atoms with Crippen LogP contribution in [-0.2, 0) is 41.8 Å². The Morgan fingerprint density at radius 3 is 1.88 bits per heavy atom. The van der Waals surface area contributed by atoms with Crippen LogP contribution >= 0.6 is 15.6 Å². The first kappa shape index (κ1) is 53.5. The first-order valence-electron chi connectivity index (χ1n) is 19.6. The summed E-state index contributed by atoms with van der Waals surface area (Å²) in [5.74, 6) is -0.487. The SMILES string of the molecule is CC/C=C\CC(O)/C=C/C=C/C/C=C\C/C=C\C/C=C\CCC(=O)OC[C@H](COP(=O)(O)OC[C@@H](O)COP(=O)(O)O)OC(=O)CCCCCCCCC(C)C. The minimum atomic E-state index is -4.87. The van der Waals surface area contributed by atoms with Gasteiger partial charge in [-0.15, -0.1) is 0 Å². The standard InChI is InChI=1S/C40H68O14P2/c1-4-5-21-27-36(41)28-23-18-13-11-9-7-6-8-10-12-14-19-24-29-39(43)50-33-38(54-40(44)30-25-20-16-15-17-22-26-35(2)3)34-53-56(48,49)52-32-37(42)31-51-55(45,46)47/h5,7-10,13-14,18-19,21,23,28,35-38,41-42H,4,6,11-12,15-17,20,22,24-27,29-34H2,1-3H3,(H,48,49)(H2,45,46,47)/b9-7-,10-8-,18-13+,19-14-,21-5-,28-23+/t36?,37-,38+/m0/s1. The molecule has 14 nitrogen and oxygen atoms in total. The van der Waals surface area contributed by atoms with Gasteiger partial charge in [-0.25, -0.2) is 9.13 Å². The Kier molecular flexibility index (Phi) is 33.0. The molecule has 0 aromatic carbocycles. The molecule has 0 bridgehead atoms. The van der Waals surface area contributed by atoms with Gasteiger partial charge in [0.1, 0.15) is 12.7 Å². The number of rotatable bonds is 35. The lowest BCUT2D eigenvalue weighted by Crippen LogP contribution is -2.29. The van der Waals surface area contributed by atoms with Crippen LogP contribution in [0.5, 0.6) is 0 Å². The van der Waals surface area contributed by atoms with Crippen molar-refractivity contribution in [1.82, 2.24) is 0 Å². The van der Waals surface area contributed by atoms with Gasteiger partial charge in [0.25, 0.3) is 0 Å². The van der Waals surface area contributed by atoms with Crippen LogP contribution in [0, 0.1) is 5.92 Å². The summed E-state index contributed by atoms with van der Waals surface area (Å²) >= 11 is 0. The monoisotopic (exact) mass is 834 g/mol. The van der Waals surface area contributed by atoms with Gasteiger partial charge < -0.3 is 34.4 Å². The fourth-order valence-electron chi connectivity index (χ4n) is 4.64. The van der Waals surface area contributed by atoms with E-state index in [2.05, 4.69) is 42.0 Å². The molecule has 4 atom stereocenters. The molecule has 0 fully saturated rings. The van der Waals surface area contributed by atoms with E-state index in [1.54, 1.807) is 6.08 Å². The van der Waals surface area contributed by atoms with Gasteiger partial charge in [-0.2, -0.15) is 0 Å². The number of aliphatic hydroxyl groups is 2. The molecule has 0 aromatic heterocycles.